The molecular formula is C12H30N2O3. The molecule has 17 heavy (non-hydrogen) atoms. The van der Waals surface area contributed by atoms with E-state index in [1.165, 1.54) is 12.8 Å². The normalized spacial score (nSPS) is 8.88. The van der Waals surface area contributed by atoms with E-state index in [4.69, 9.17) is 15.2 Å². The molecule has 0 saturated heterocycles. The van der Waals surface area contributed by atoms with Crippen LogP contribution in [0.15, 0.2) is 0 Å². The highest BCUT2D eigenvalue weighted by molar-refractivity contribution is 5.75. The third-order valence-corrected chi connectivity index (χ3v) is 1.50. The van der Waals surface area contributed by atoms with Gasteiger partial charge in [0.25, 0.3) is 0 Å². The Morgan fingerprint density at radius 3 is 1.47 bits per heavy atom. The molecule has 0 heterocycles. The summed E-state index contributed by atoms with van der Waals surface area (Å²) in [7, 11) is 0. The first kappa shape index (κ1) is 21.6. The molecule has 0 fully saturated rings. The van der Waals surface area contributed by atoms with Gasteiger partial charge in [-0.2, -0.15) is 0 Å². The van der Waals surface area contributed by atoms with Gasteiger partial charge in [-0.1, -0.05) is 26.7 Å². The summed E-state index contributed by atoms with van der Waals surface area (Å²) < 4.78 is 10.1. The van der Waals surface area contributed by atoms with Gasteiger partial charge in [0.15, 0.2) is 6.29 Å². The van der Waals surface area contributed by atoms with Crippen molar-refractivity contribution in [2.45, 2.75) is 53.8 Å². The second-order valence-electron chi connectivity index (χ2n) is 3.15. The van der Waals surface area contributed by atoms with Crippen LogP contribution in [0.2, 0.25) is 0 Å². The molecule has 0 rings (SSSR count). The zero-order valence-electron chi connectivity index (χ0n) is 12.0. The van der Waals surface area contributed by atoms with Crippen LogP contribution in [0.25, 0.3) is 0 Å². The van der Waals surface area contributed by atoms with Crippen molar-refractivity contribution in [1.29, 1.82) is 0 Å². The van der Waals surface area contributed by atoms with E-state index >= 15 is 0 Å². The Labute approximate surface area is 106 Å². The predicted octanol–water partition coefficient (Wildman–Crippen LogP) is 1.64. The molecule has 0 saturated carbocycles. The number of rotatable bonds is 6. The maximum atomic E-state index is 9.47. The van der Waals surface area contributed by atoms with Gasteiger partial charge in [-0.3, -0.25) is 4.79 Å². The summed E-state index contributed by atoms with van der Waals surface area (Å²) in [6.45, 7) is 11.6. The molecule has 0 bridgehead atoms. The van der Waals surface area contributed by atoms with Crippen molar-refractivity contribution in [3.63, 3.8) is 0 Å². The highest BCUT2D eigenvalue weighted by Gasteiger charge is 1.94. The highest BCUT2D eigenvalue weighted by Crippen LogP contribution is 1.90. The first-order valence-corrected chi connectivity index (χ1v) is 6.21. The molecule has 0 atom stereocenters. The number of ether oxygens (including phenoxy) is 2. The second-order valence-corrected chi connectivity index (χ2v) is 3.15. The van der Waals surface area contributed by atoms with Crippen molar-refractivity contribution >= 4 is 5.91 Å². The zero-order valence-corrected chi connectivity index (χ0v) is 12.0. The Balaban J connectivity index is -0.000000188. The number of amides is 1. The largest absolute Gasteiger partial charge is 0.369 e. The molecule has 0 aliphatic carbocycles. The van der Waals surface area contributed by atoms with Crippen molar-refractivity contribution < 1.29 is 14.3 Å². The molecule has 0 aromatic carbocycles. The van der Waals surface area contributed by atoms with Crippen LogP contribution in [-0.2, 0) is 14.3 Å². The van der Waals surface area contributed by atoms with Crippen molar-refractivity contribution in [3.05, 3.63) is 0 Å². The minimum Gasteiger partial charge on any atom is -0.369 e. The topological polar surface area (TPSA) is 87.6 Å². The average molecular weight is 250 g/mol. The lowest BCUT2D eigenvalue weighted by atomic mass is 10.4. The predicted molar refractivity (Wildman–Crippen MR) is 71.5 cm³/mol. The third-order valence-electron chi connectivity index (χ3n) is 1.50. The fraction of sp³-hybridized carbons (Fsp3) is 0.917. The van der Waals surface area contributed by atoms with E-state index in [1.807, 2.05) is 20.8 Å². The van der Waals surface area contributed by atoms with Crippen LogP contribution >= 0.6 is 0 Å². The fourth-order valence-corrected chi connectivity index (χ4v) is 0.518. The molecule has 4 N–H and O–H groups in total. The van der Waals surface area contributed by atoms with Gasteiger partial charge in [0, 0.05) is 13.2 Å². The number of hydrogen-bond donors (Lipinski definition) is 2. The lowest BCUT2D eigenvalue weighted by Gasteiger charge is -2.09. The number of nitrogens with two attached hydrogens (primary N) is 2. The number of primary amides is 1. The standard InChI is InChI=1S/C6H14O2.C4H10.C2H6N2O/c1-4-7-6(3)8-5-2;1-3-4-2;3-1-2(4)5/h6H,4-5H2,1-3H3;3-4H2,1-2H3;1,3H2,(H2,4,5). The van der Waals surface area contributed by atoms with E-state index in [9.17, 15) is 4.79 Å². The van der Waals surface area contributed by atoms with E-state index < -0.39 is 5.91 Å². The summed E-state index contributed by atoms with van der Waals surface area (Å²) in [5.41, 5.74) is 9.22. The van der Waals surface area contributed by atoms with Crippen LogP contribution < -0.4 is 11.5 Å². The van der Waals surface area contributed by atoms with Crippen LogP contribution in [0.3, 0.4) is 0 Å². The Kier molecular flexibility index (Phi) is 26.4. The third kappa shape index (κ3) is 39.2. The quantitative estimate of drug-likeness (QED) is 0.701. The van der Waals surface area contributed by atoms with Crippen LogP contribution in [0.5, 0.6) is 0 Å². The SMILES string of the molecule is CCCC.CCOC(C)OCC.NCC(N)=O. The Bertz CT molecular complexity index is 136. The Morgan fingerprint density at radius 2 is 1.35 bits per heavy atom. The molecule has 0 spiro atoms. The molecule has 0 aliphatic heterocycles. The molecule has 0 radical (unpaired) electrons. The first-order chi connectivity index (χ1) is 7.99. The second kappa shape index (κ2) is 20.7. The fourth-order valence-electron chi connectivity index (χ4n) is 0.518. The number of hydrogen-bond acceptors (Lipinski definition) is 4. The van der Waals surface area contributed by atoms with Gasteiger partial charge in [0.1, 0.15) is 0 Å². The maximum absolute atomic E-state index is 9.47. The van der Waals surface area contributed by atoms with Crippen molar-refractivity contribution in [2.24, 2.45) is 11.5 Å². The Morgan fingerprint density at radius 1 is 1.06 bits per heavy atom. The molecule has 106 valence electrons. The lowest BCUT2D eigenvalue weighted by molar-refractivity contribution is -0.123. The van der Waals surface area contributed by atoms with Gasteiger partial charge >= 0.3 is 0 Å². The highest BCUT2D eigenvalue weighted by atomic mass is 16.7. The smallest absolute Gasteiger partial charge is 0.231 e. The van der Waals surface area contributed by atoms with Crippen molar-refractivity contribution in [1.82, 2.24) is 0 Å². The molecule has 0 unspecified atom stereocenters. The maximum Gasteiger partial charge on any atom is 0.231 e. The summed E-state index contributed by atoms with van der Waals surface area (Å²) in [5, 5.41) is 0. The van der Waals surface area contributed by atoms with E-state index in [0.29, 0.717) is 0 Å². The number of carbonyl (C=O) groups is 1. The van der Waals surface area contributed by atoms with E-state index in [1.54, 1.807) is 0 Å². The summed E-state index contributed by atoms with van der Waals surface area (Å²) in [6, 6.07) is 0. The van der Waals surface area contributed by atoms with Gasteiger partial charge < -0.3 is 20.9 Å². The molecular weight excluding hydrogens is 220 g/mol. The van der Waals surface area contributed by atoms with Crippen LogP contribution in [0, 0.1) is 0 Å². The molecule has 5 heteroatoms. The average Bonchev–Trinajstić information content (AvgIpc) is 2.31. The van der Waals surface area contributed by atoms with Crippen molar-refractivity contribution in [2.75, 3.05) is 19.8 Å². The van der Waals surface area contributed by atoms with Crippen molar-refractivity contribution in [3.8, 4) is 0 Å². The summed E-state index contributed by atoms with van der Waals surface area (Å²) in [4.78, 5) is 9.47. The molecule has 5 nitrogen and oxygen atoms in total. The van der Waals surface area contributed by atoms with E-state index in [-0.39, 0.29) is 12.8 Å². The van der Waals surface area contributed by atoms with Gasteiger partial charge in [-0.05, 0) is 20.8 Å². The first-order valence-electron chi connectivity index (χ1n) is 6.21. The van der Waals surface area contributed by atoms with Gasteiger partial charge in [-0.25, -0.2) is 0 Å². The summed E-state index contributed by atoms with van der Waals surface area (Å²) in [5.74, 6) is -0.468. The van der Waals surface area contributed by atoms with Gasteiger partial charge in [-0.15, -0.1) is 0 Å². The van der Waals surface area contributed by atoms with Crippen LogP contribution in [-0.4, -0.2) is 32.0 Å². The Hall–Kier alpha value is -0.650. The number of carbonyl (C=O) groups excluding carboxylic acids is 1. The lowest BCUT2D eigenvalue weighted by Crippen LogP contribution is -2.21. The molecule has 0 aromatic heterocycles. The summed E-state index contributed by atoms with van der Waals surface area (Å²) >= 11 is 0. The minimum absolute atomic E-state index is 0.0370. The molecule has 1 amide bonds. The zero-order chi connectivity index (χ0) is 14.1. The molecule has 0 aromatic rings. The summed E-state index contributed by atoms with van der Waals surface area (Å²) in [6.07, 6.45) is 2.60. The number of unbranched alkanes of at least 4 members (excludes halogenated alkanes) is 1. The monoisotopic (exact) mass is 250 g/mol. The van der Waals surface area contributed by atoms with Crippen LogP contribution in [0.1, 0.15) is 47.5 Å². The molecule has 0 aliphatic rings. The van der Waals surface area contributed by atoms with Crippen LogP contribution in [0.4, 0.5) is 0 Å². The van der Waals surface area contributed by atoms with Gasteiger partial charge in [0.05, 0.1) is 6.54 Å². The van der Waals surface area contributed by atoms with Gasteiger partial charge in [0.2, 0.25) is 5.91 Å². The minimum atomic E-state index is -0.468. The van der Waals surface area contributed by atoms with E-state index in [2.05, 4.69) is 19.6 Å². The van der Waals surface area contributed by atoms with E-state index in [0.717, 1.165) is 13.2 Å².